The van der Waals surface area contributed by atoms with Crippen molar-refractivity contribution in [1.29, 1.82) is 0 Å². The highest BCUT2D eigenvalue weighted by molar-refractivity contribution is 6.30. The molecule has 1 aromatic heterocycles. The van der Waals surface area contributed by atoms with Crippen LogP contribution in [0, 0.1) is 0 Å². The number of hydrogen-bond acceptors (Lipinski definition) is 4. The molecule has 25 heavy (non-hydrogen) atoms. The van der Waals surface area contributed by atoms with E-state index in [0.29, 0.717) is 18.9 Å². The van der Waals surface area contributed by atoms with E-state index in [1.165, 1.54) is 0 Å². The second kappa shape index (κ2) is 10.2. The third-order valence-corrected chi connectivity index (χ3v) is 3.60. The normalized spacial score (nSPS) is 10.3. The number of halogens is 3. The van der Waals surface area contributed by atoms with Crippen LogP contribution in [0.25, 0.3) is 23.1 Å². The maximum Gasteiger partial charge on any atom is 0.154 e. The van der Waals surface area contributed by atoms with Crippen molar-refractivity contribution in [2.75, 3.05) is 18.4 Å². The fourth-order valence-electron chi connectivity index (χ4n) is 2.24. The van der Waals surface area contributed by atoms with Gasteiger partial charge < -0.3 is 11.1 Å². The summed E-state index contributed by atoms with van der Waals surface area (Å²) in [4.78, 5) is 9.16. The SMILES string of the molecule is Cl.Cl.NCCNc1nc(C=Cc2ccc(Cl)cc2)nc2ccccc12. The van der Waals surface area contributed by atoms with Crippen molar-refractivity contribution < 1.29 is 0 Å². The van der Waals surface area contributed by atoms with Crippen molar-refractivity contribution in [3.63, 3.8) is 0 Å². The van der Waals surface area contributed by atoms with Crippen molar-refractivity contribution in [3.05, 3.63) is 64.9 Å². The lowest BCUT2D eigenvalue weighted by atomic mass is 10.2. The van der Waals surface area contributed by atoms with E-state index in [4.69, 9.17) is 17.3 Å². The Morgan fingerprint density at radius 1 is 0.960 bits per heavy atom. The summed E-state index contributed by atoms with van der Waals surface area (Å²) in [5.41, 5.74) is 7.52. The molecule has 0 atom stereocenters. The van der Waals surface area contributed by atoms with E-state index in [0.717, 1.165) is 27.3 Å². The van der Waals surface area contributed by atoms with Gasteiger partial charge in [-0.3, -0.25) is 0 Å². The van der Waals surface area contributed by atoms with Gasteiger partial charge in [-0.05, 0) is 35.9 Å². The van der Waals surface area contributed by atoms with Crippen LogP contribution >= 0.6 is 36.4 Å². The summed E-state index contributed by atoms with van der Waals surface area (Å²) in [5, 5.41) is 4.97. The van der Waals surface area contributed by atoms with Crippen LogP contribution in [0.1, 0.15) is 11.4 Å². The molecular weight excluding hydrogens is 379 g/mol. The average molecular weight is 398 g/mol. The van der Waals surface area contributed by atoms with E-state index < -0.39 is 0 Å². The standard InChI is InChI=1S/C18H17ClN4.2ClH/c19-14-8-5-13(6-9-14)7-10-17-22-16-4-2-1-3-15(16)18(23-17)21-12-11-20;;/h1-10H,11-12,20H2,(H,21,22,23);2*1H. The molecule has 0 amide bonds. The summed E-state index contributed by atoms with van der Waals surface area (Å²) >= 11 is 5.90. The highest BCUT2D eigenvalue weighted by Gasteiger charge is 2.05. The molecule has 0 unspecified atom stereocenters. The van der Waals surface area contributed by atoms with Crippen LogP contribution in [-0.4, -0.2) is 23.1 Å². The smallest absolute Gasteiger partial charge is 0.154 e. The largest absolute Gasteiger partial charge is 0.368 e. The number of fused-ring (bicyclic) bond motifs is 1. The van der Waals surface area contributed by atoms with Crippen LogP contribution in [0.15, 0.2) is 48.5 Å². The Labute approximate surface area is 164 Å². The number of rotatable bonds is 5. The molecule has 1 heterocycles. The minimum atomic E-state index is 0. The molecule has 0 radical (unpaired) electrons. The Hall–Kier alpha value is -1.85. The molecule has 132 valence electrons. The predicted molar refractivity (Wildman–Crippen MR) is 112 cm³/mol. The number of nitrogens with one attached hydrogen (secondary N) is 1. The van der Waals surface area contributed by atoms with Crippen LogP contribution in [-0.2, 0) is 0 Å². The number of nitrogens with two attached hydrogens (primary N) is 1. The molecule has 3 aromatic rings. The van der Waals surface area contributed by atoms with Crippen LogP contribution in [0.2, 0.25) is 5.02 Å². The van der Waals surface area contributed by atoms with Gasteiger partial charge in [-0.25, -0.2) is 9.97 Å². The second-order valence-corrected chi connectivity index (χ2v) is 5.48. The Morgan fingerprint density at radius 2 is 1.68 bits per heavy atom. The zero-order valence-electron chi connectivity index (χ0n) is 13.4. The van der Waals surface area contributed by atoms with Crippen LogP contribution in [0.3, 0.4) is 0 Å². The van der Waals surface area contributed by atoms with Crippen molar-refractivity contribution in [2.24, 2.45) is 5.73 Å². The number of hydrogen-bond donors (Lipinski definition) is 2. The van der Waals surface area contributed by atoms with Gasteiger partial charge in [-0.2, -0.15) is 0 Å². The topological polar surface area (TPSA) is 63.8 Å². The van der Waals surface area contributed by atoms with Gasteiger partial charge in [-0.1, -0.05) is 41.9 Å². The molecule has 3 rings (SSSR count). The van der Waals surface area contributed by atoms with E-state index in [2.05, 4.69) is 15.3 Å². The fraction of sp³-hybridized carbons (Fsp3) is 0.111. The maximum atomic E-state index is 5.90. The summed E-state index contributed by atoms with van der Waals surface area (Å²) in [7, 11) is 0. The predicted octanol–water partition coefficient (Wildman–Crippen LogP) is 4.67. The lowest BCUT2D eigenvalue weighted by Gasteiger charge is -2.08. The molecule has 2 aromatic carbocycles. The molecular formula is C18H19Cl3N4. The van der Waals surface area contributed by atoms with Crippen molar-refractivity contribution in [1.82, 2.24) is 9.97 Å². The summed E-state index contributed by atoms with van der Waals surface area (Å²) in [6.07, 6.45) is 3.86. The summed E-state index contributed by atoms with van der Waals surface area (Å²) < 4.78 is 0. The molecule has 4 nitrogen and oxygen atoms in total. The van der Waals surface area contributed by atoms with Crippen molar-refractivity contribution >= 4 is 65.3 Å². The van der Waals surface area contributed by atoms with Gasteiger partial charge in [0.2, 0.25) is 0 Å². The van der Waals surface area contributed by atoms with Crippen LogP contribution in [0.5, 0.6) is 0 Å². The molecule has 0 aliphatic heterocycles. The summed E-state index contributed by atoms with van der Waals surface area (Å²) in [6.45, 7) is 1.22. The minimum Gasteiger partial charge on any atom is -0.368 e. The first-order valence-corrected chi connectivity index (χ1v) is 7.78. The maximum absolute atomic E-state index is 5.90. The van der Waals surface area contributed by atoms with Crippen LogP contribution < -0.4 is 11.1 Å². The molecule has 0 aliphatic carbocycles. The Balaban J connectivity index is 0.00000156. The van der Waals surface area contributed by atoms with Gasteiger partial charge in [0, 0.05) is 23.5 Å². The molecule has 0 fully saturated rings. The third kappa shape index (κ3) is 5.58. The van der Waals surface area contributed by atoms with Gasteiger partial charge in [0.1, 0.15) is 5.82 Å². The second-order valence-electron chi connectivity index (χ2n) is 5.05. The molecule has 0 aliphatic rings. The number of anilines is 1. The van der Waals surface area contributed by atoms with Crippen molar-refractivity contribution in [3.8, 4) is 0 Å². The molecule has 0 saturated heterocycles. The fourth-order valence-corrected chi connectivity index (χ4v) is 2.37. The molecule has 0 bridgehead atoms. The zero-order chi connectivity index (χ0) is 16.1. The first-order chi connectivity index (χ1) is 11.3. The Kier molecular flexibility index (Phi) is 8.66. The Bertz CT molecular complexity index is 835. The zero-order valence-corrected chi connectivity index (χ0v) is 15.7. The lowest BCUT2D eigenvalue weighted by molar-refractivity contribution is 1.01. The molecule has 7 heteroatoms. The first kappa shape index (κ1) is 21.2. The van der Waals surface area contributed by atoms with Crippen molar-refractivity contribution in [2.45, 2.75) is 0 Å². The average Bonchev–Trinajstić information content (AvgIpc) is 2.59. The monoisotopic (exact) mass is 396 g/mol. The van der Waals surface area contributed by atoms with E-state index in [9.17, 15) is 0 Å². The number of nitrogens with zero attached hydrogens (tertiary/aromatic N) is 2. The lowest BCUT2D eigenvalue weighted by Crippen LogP contribution is -2.14. The van der Waals surface area contributed by atoms with Gasteiger partial charge in [0.05, 0.1) is 5.52 Å². The van der Waals surface area contributed by atoms with E-state index in [1.807, 2.05) is 60.7 Å². The molecule has 0 spiro atoms. The van der Waals surface area contributed by atoms with Crippen LogP contribution in [0.4, 0.5) is 5.82 Å². The van der Waals surface area contributed by atoms with Gasteiger partial charge >= 0.3 is 0 Å². The summed E-state index contributed by atoms with van der Waals surface area (Å²) in [6, 6.07) is 15.5. The van der Waals surface area contributed by atoms with Gasteiger partial charge in [0.15, 0.2) is 5.82 Å². The highest BCUT2D eigenvalue weighted by atomic mass is 35.5. The third-order valence-electron chi connectivity index (χ3n) is 3.35. The highest BCUT2D eigenvalue weighted by Crippen LogP contribution is 2.21. The number of benzene rings is 2. The minimum absolute atomic E-state index is 0. The molecule has 3 N–H and O–H groups in total. The quantitative estimate of drug-likeness (QED) is 0.657. The number of aromatic nitrogens is 2. The molecule has 0 saturated carbocycles. The summed E-state index contributed by atoms with van der Waals surface area (Å²) in [5.74, 6) is 1.45. The van der Waals surface area contributed by atoms with Gasteiger partial charge in [0.25, 0.3) is 0 Å². The van der Waals surface area contributed by atoms with Gasteiger partial charge in [-0.15, -0.1) is 24.8 Å². The van der Waals surface area contributed by atoms with E-state index in [-0.39, 0.29) is 24.8 Å². The first-order valence-electron chi connectivity index (χ1n) is 7.40. The Morgan fingerprint density at radius 3 is 2.40 bits per heavy atom. The van der Waals surface area contributed by atoms with E-state index in [1.54, 1.807) is 0 Å². The van der Waals surface area contributed by atoms with E-state index >= 15 is 0 Å². The number of para-hydroxylation sites is 1.